The topological polar surface area (TPSA) is 42.1 Å². The van der Waals surface area contributed by atoms with Crippen molar-refractivity contribution in [1.29, 1.82) is 0 Å². The minimum atomic E-state index is 0.720. The number of hydrogen-bond acceptors (Lipinski definition) is 3. The number of nitrogens with zero attached hydrogens (tertiary/aromatic N) is 2. The molecule has 0 unspecified atom stereocenters. The zero-order valence-corrected chi connectivity index (χ0v) is 10.3. The predicted octanol–water partition coefficient (Wildman–Crippen LogP) is 2.62. The normalized spacial score (nSPS) is 14.3. The molecule has 0 amide bonds. The van der Waals surface area contributed by atoms with Gasteiger partial charge in [-0.3, -0.25) is 4.98 Å². The number of para-hydroxylation sites is 1. The Kier molecular flexibility index (Phi) is 2.89. The van der Waals surface area contributed by atoms with Gasteiger partial charge in [0.1, 0.15) is 0 Å². The second-order valence-corrected chi connectivity index (χ2v) is 4.74. The molecule has 2 N–H and O–H groups in total. The second-order valence-electron chi connectivity index (χ2n) is 4.74. The Bertz CT molecular complexity index is 534. The molecule has 1 aromatic heterocycles. The molecule has 0 spiro atoms. The highest BCUT2D eigenvalue weighted by Crippen LogP contribution is 2.27. The fourth-order valence-corrected chi connectivity index (χ4v) is 2.50. The molecule has 2 heterocycles. The Balaban J connectivity index is 1.84. The van der Waals surface area contributed by atoms with E-state index in [1.54, 1.807) is 6.20 Å². The molecule has 0 aliphatic carbocycles. The summed E-state index contributed by atoms with van der Waals surface area (Å²) in [6.45, 7) is 1.96. The minimum absolute atomic E-state index is 0.720. The van der Waals surface area contributed by atoms with Crippen LogP contribution in [0.5, 0.6) is 0 Å². The van der Waals surface area contributed by atoms with E-state index >= 15 is 0 Å². The number of pyridine rings is 1. The summed E-state index contributed by atoms with van der Waals surface area (Å²) < 4.78 is 0. The lowest BCUT2D eigenvalue weighted by atomic mass is 10.0. The SMILES string of the molecule is Nc1ccc(CN2CCCc3ccccc32)nc1. The summed E-state index contributed by atoms with van der Waals surface area (Å²) in [6, 6.07) is 12.6. The maximum Gasteiger partial charge on any atom is 0.0602 e. The second kappa shape index (κ2) is 4.69. The summed E-state index contributed by atoms with van der Waals surface area (Å²) >= 11 is 0. The van der Waals surface area contributed by atoms with E-state index in [4.69, 9.17) is 5.73 Å². The van der Waals surface area contributed by atoms with Gasteiger partial charge < -0.3 is 10.6 Å². The number of rotatable bonds is 2. The van der Waals surface area contributed by atoms with Crippen LogP contribution < -0.4 is 10.6 Å². The molecule has 0 fully saturated rings. The van der Waals surface area contributed by atoms with Crippen molar-refractivity contribution >= 4 is 11.4 Å². The first-order chi connectivity index (χ1) is 8.83. The third-order valence-corrected chi connectivity index (χ3v) is 3.41. The first-order valence-corrected chi connectivity index (χ1v) is 6.36. The van der Waals surface area contributed by atoms with Gasteiger partial charge >= 0.3 is 0 Å². The van der Waals surface area contributed by atoms with Gasteiger partial charge in [0.2, 0.25) is 0 Å². The van der Waals surface area contributed by atoms with E-state index in [9.17, 15) is 0 Å². The maximum atomic E-state index is 5.66. The van der Waals surface area contributed by atoms with E-state index in [2.05, 4.69) is 34.1 Å². The van der Waals surface area contributed by atoms with Crippen molar-refractivity contribution in [1.82, 2.24) is 4.98 Å². The molecule has 92 valence electrons. The van der Waals surface area contributed by atoms with Gasteiger partial charge in [-0.25, -0.2) is 0 Å². The number of fused-ring (bicyclic) bond motifs is 1. The number of anilines is 2. The van der Waals surface area contributed by atoms with Gasteiger partial charge in [-0.1, -0.05) is 18.2 Å². The van der Waals surface area contributed by atoms with Crippen LogP contribution in [0.15, 0.2) is 42.6 Å². The molecule has 0 saturated carbocycles. The molecule has 3 heteroatoms. The highest BCUT2D eigenvalue weighted by atomic mass is 15.1. The quantitative estimate of drug-likeness (QED) is 0.876. The average molecular weight is 239 g/mol. The number of hydrogen-bond donors (Lipinski definition) is 1. The molecule has 0 saturated heterocycles. The Morgan fingerprint density at radius 2 is 2.06 bits per heavy atom. The van der Waals surface area contributed by atoms with E-state index in [1.807, 2.05) is 12.1 Å². The monoisotopic (exact) mass is 239 g/mol. The van der Waals surface area contributed by atoms with Crippen molar-refractivity contribution in [2.24, 2.45) is 0 Å². The van der Waals surface area contributed by atoms with Crippen LogP contribution in [0.3, 0.4) is 0 Å². The third kappa shape index (κ3) is 2.16. The largest absolute Gasteiger partial charge is 0.397 e. The van der Waals surface area contributed by atoms with E-state index in [-0.39, 0.29) is 0 Å². The van der Waals surface area contributed by atoms with Crippen LogP contribution in [0.2, 0.25) is 0 Å². The van der Waals surface area contributed by atoms with E-state index in [0.29, 0.717) is 0 Å². The number of benzene rings is 1. The zero-order chi connectivity index (χ0) is 12.4. The fraction of sp³-hybridized carbons (Fsp3) is 0.267. The van der Waals surface area contributed by atoms with Crippen molar-refractivity contribution in [3.8, 4) is 0 Å². The standard InChI is InChI=1S/C15H17N3/c16-13-7-8-14(17-10-13)11-18-9-3-5-12-4-1-2-6-15(12)18/h1-2,4,6-8,10H,3,5,9,11,16H2. The lowest BCUT2D eigenvalue weighted by molar-refractivity contribution is 0.684. The summed E-state index contributed by atoms with van der Waals surface area (Å²) in [5.74, 6) is 0. The highest BCUT2D eigenvalue weighted by molar-refractivity contribution is 5.55. The van der Waals surface area contributed by atoms with Gasteiger partial charge in [-0.15, -0.1) is 0 Å². The summed E-state index contributed by atoms with van der Waals surface area (Å²) in [4.78, 5) is 6.78. The molecule has 2 aromatic rings. The van der Waals surface area contributed by atoms with Crippen LogP contribution in [0.4, 0.5) is 11.4 Å². The van der Waals surface area contributed by atoms with Gasteiger partial charge in [-0.2, -0.15) is 0 Å². The Labute approximate surface area is 107 Å². The van der Waals surface area contributed by atoms with Crippen LogP contribution in [0, 0.1) is 0 Å². The van der Waals surface area contributed by atoms with Gasteiger partial charge in [0.15, 0.2) is 0 Å². The molecule has 18 heavy (non-hydrogen) atoms. The van der Waals surface area contributed by atoms with Crippen molar-refractivity contribution in [2.75, 3.05) is 17.2 Å². The molecular weight excluding hydrogens is 222 g/mol. The smallest absolute Gasteiger partial charge is 0.0602 e. The number of nitrogens with two attached hydrogens (primary N) is 1. The predicted molar refractivity (Wildman–Crippen MR) is 74.5 cm³/mol. The van der Waals surface area contributed by atoms with Gasteiger partial charge in [0, 0.05) is 12.2 Å². The van der Waals surface area contributed by atoms with E-state index < -0.39 is 0 Å². The number of aromatic nitrogens is 1. The summed E-state index contributed by atoms with van der Waals surface area (Å²) in [6.07, 6.45) is 4.12. The summed E-state index contributed by atoms with van der Waals surface area (Å²) in [5, 5.41) is 0. The Hall–Kier alpha value is -2.03. The third-order valence-electron chi connectivity index (χ3n) is 3.41. The van der Waals surface area contributed by atoms with Crippen molar-refractivity contribution in [3.63, 3.8) is 0 Å². The van der Waals surface area contributed by atoms with Crippen LogP contribution in [-0.4, -0.2) is 11.5 Å². The van der Waals surface area contributed by atoms with Gasteiger partial charge in [0.25, 0.3) is 0 Å². The highest BCUT2D eigenvalue weighted by Gasteiger charge is 2.16. The first-order valence-electron chi connectivity index (χ1n) is 6.36. The molecule has 1 aliphatic rings. The molecule has 1 aromatic carbocycles. The minimum Gasteiger partial charge on any atom is -0.397 e. The van der Waals surface area contributed by atoms with Crippen molar-refractivity contribution < 1.29 is 0 Å². The van der Waals surface area contributed by atoms with Crippen LogP contribution in [0.25, 0.3) is 0 Å². The van der Waals surface area contributed by atoms with E-state index in [1.165, 1.54) is 24.1 Å². The van der Waals surface area contributed by atoms with Crippen molar-refractivity contribution in [2.45, 2.75) is 19.4 Å². The lowest BCUT2D eigenvalue weighted by Crippen LogP contribution is -2.29. The molecule has 3 rings (SSSR count). The average Bonchev–Trinajstić information content (AvgIpc) is 2.42. The first kappa shape index (κ1) is 11.1. The maximum absolute atomic E-state index is 5.66. The Morgan fingerprint density at radius 3 is 2.89 bits per heavy atom. The van der Waals surface area contributed by atoms with Gasteiger partial charge in [0.05, 0.1) is 24.1 Å². The fourth-order valence-electron chi connectivity index (χ4n) is 2.50. The molecule has 1 aliphatic heterocycles. The molecule has 0 bridgehead atoms. The van der Waals surface area contributed by atoms with Crippen LogP contribution >= 0.6 is 0 Å². The molecule has 3 nitrogen and oxygen atoms in total. The van der Waals surface area contributed by atoms with E-state index in [0.717, 1.165) is 24.5 Å². The van der Waals surface area contributed by atoms with Crippen LogP contribution in [-0.2, 0) is 13.0 Å². The molecular formula is C15H17N3. The lowest BCUT2D eigenvalue weighted by Gasteiger charge is -2.31. The molecule has 0 atom stereocenters. The zero-order valence-electron chi connectivity index (χ0n) is 10.3. The summed E-state index contributed by atoms with van der Waals surface area (Å²) in [5.41, 5.74) is 10.2. The number of aryl methyl sites for hydroxylation is 1. The van der Waals surface area contributed by atoms with Crippen molar-refractivity contribution in [3.05, 3.63) is 53.9 Å². The molecule has 0 radical (unpaired) electrons. The van der Waals surface area contributed by atoms with Crippen LogP contribution in [0.1, 0.15) is 17.7 Å². The summed E-state index contributed by atoms with van der Waals surface area (Å²) in [7, 11) is 0. The van der Waals surface area contributed by atoms with Gasteiger partial charge in [-0.05, 0) is 36.6 Å². The Morgan fingerprint density at radius 1 is 1.17 bits per heavy atom. The number of nitrogen functional groups attached to an aromatic ring is 1.